The van der Waals surface area contributed by atoms with E-state index in [1.54, 1.807) is 0 Å². The Morgan fingerprint density at radius 3 is 2.68 bits per heavy atom. The van der Waals surface area contributed by atoms with Crippen LogP contribution in [0.2, 0.25) is 0 Å². The second-order valence-electron chi connectivity index (χ2n) is 8.08. The number of ether oxygens (including phenoxy) is 1. The number of piperidine rings is 1. The minimum absolute atomic E-state index is 0.160. The van der Waals surface area contributed by atoms with Gasteiger partial charge in [0, 0.05) is 16.6 Å². The number of quaternary nitrogens is 1. The average Bonchev–Trinajstić information content (AvgIpc) is 2.58. The standard InChI is InChI=1S/C21H30N2O2/c1-14(2)13-25-17-5-6-20-18(11-17)21(24)19(16(4)22-20)12-23-9-7-15(3)8-10-23/h5-6,11,14-15H,7-10,12-13H2,1-4H3,(H,22,24)/p+1. The first kappa shape index (κ1) is 18.0. The summed E-state index contributed by atoms with van der Waals surface area (Å²) in [5, 5.41) is 0.742. The molecular formula is C21H31N2O2+. The van der Waals surface area contributed by atoms with Crippen LogP contribution in [0.5, 0.6) is 5.75 Å². The van der Waals surface area contributed by atoms with E-state index in [0.717, 1.165) is 53.5 Å². The Labute approximate surface area is 150 Å². The molecule has 1 saturated heterocycles. The van der Waals surface area contributed by atoms with Gasteiger partial charge >= 0.3 is 0 Å². The van der Waals surface area contributed by atoms with Gasteiger partial charge in [0.25, 0.3) is 0 Å². The minimum atomic E-state index is 0.160. The molecule has 0 bridgehead atoms. The zero-order valence-electron chi connectivity index (χ0n) is 15.9. The number of pyridine rings is 1. The molecule has 2 N–H and O–H groups in total. The number of aromatic nitrogens is 1. The smallest absolute Gasteiger partial charge is 0.198 e. The number of likely N-dealkylation sites (tertiary alicyclic amines) is 1. The molecule has 4 heteroatoms. The van der Waals surface area contributed by atoms with Crippen LogP contribution in [0, 0.1) is 18.8 Å². The Kier molecular flexibility index (Phi) is 5.48. The quantitative estimate of drug-likeness (QED) is 0.877. The molecule has 1 aromatic carbocycles. The van der Waals surface area contributed by atoms with Gasteiger partial charge < -0.3 is 14.6 Å². The normalized spacial score (nSPS) is 21.0. The Morgan fingerprint density at radius 1 is 1.28 bits per heavy atom. The SMILES string of the molecule is Cc1[nH]c2ccc(OCC(C)C)cc2c(=O)c1C[NH+]1CCC(C)CC1. The summed E-state index contributed by atoms with van der Waals surface area (Å²) in [5.41, 5.74) is 2.98. The number of aromatic amines is 1. The van der Waals surface area contributed by atoms with Crippen LogP contribution >= 0.6 is 0 Å². The van der Waals surface area contributed by atoms with Gasteiger partial charge in [-0.25, -0.2) is 0 Å². The predicted molar refractivity (Wildman–Crippen MR) is 102 cm³/mol. The van der Waals surface area contributed by atoms with Crippen molar-refractivity contribution in [2.45, 2.75) is 47.1 Å². The number of benzene rings is 1. The molecule has 0 atom stereocenters. The molecule has 0 radical (unpaired) electrons. The van der Waals surface area contributed by atoms with Crippen molar-refractivity contribution in [2.75, 3.05) is 19.7 Å². The van der Waals surface area contributed by atoms with Crippen LogP contribution < -0.4 is 15.1 Å². The van der Waals surface area contributed by atoms with Gasteiger partial charge in [-0.3, -0.25) is 4.79 Å². The molecule has 0 amide bonds. The Hall–Kier alpha value is -1.81. The Morgan fingerprint density at radius 2 is 2.00 bits per heavy atom. The summed E-state index contributed by atoms with van der Waals surface area (Å²) in [6.45, 7) is 12.4. The number of H-pyrrole nitrogens is 1. The highest BCUT2D eigenvalue weighted by molar-refractivity contribution is 5.81. The molecule has 1 fully saturated rings. The summed E-state index contributed by atoms with van der Waals surface area (Å²) in [7, 11) is 0. The monoisotopic (exact) mass is 343 g/mol. The summed E-state index contributed by atoms with van der Waals surface area (Å²) >= 11 is 0. The van der Waals surface area contributed by atoms with Gasteiger partial charge in [0.1, 0.15) is 12.3 Å². The first-order chi connectivity index (χ1) is 11.9. The van der Waals surface area contributed by atoms with E-state index >= 15 is 0 Å². The lowest BCUT2D eigenvalue weighted by Gasteiger charge is -2.27. The van der Waals surface area contributed by atoms with Crippen molar-refractivity contribution in [3.05, 3.63) is 39.7 Å². The summed E-state index contributed by atoms with van der Waals surface area (Å²) in [6, 6.07) is 5.79. The maximum absolute atomic E-state index is 13.1. The average molecular weight is 343 g/mol. The third-order valence-corrected chi connectivity index (χ3v) is 5.28. The fraction of sp³-hybridized carbons (Fsp3) is 0.571. The number of aryl methyl sites for hydroxylation is 1. The van der Waals surface area contributed by atoms with E-state index in [2.05, 4.69) is 25.8 Å². The van der Waals surface area contributed by atoms with Gasteiger partial charge in [0.05, 0.1) is 25.3 Å². The highest BCUT2D eigenvalue weighted by atomic mass is 16.5. The van der Waals surface area contributed by atoms with E-state index in [1.165, 1.54) is 17.7 Å². The minimum Gasteiger partial charge on any atom is -0.493 e. The van der Waals surface area contributed by atoms with Crippen molar-refractivity contribution < 1.29 is 9.64 Å². The number of rotatable bonds is 5. The summed E-state index contributed by atoms with van der Waals surface area (Å²) in [5.74, 6) is 2.06. The molecule has 1 aromatic heterocycles. The van der Waals surface area contributed by atoms with Crippen molar-refractivity contribution in [3.8, 4) is 5.75 Å². The van der Waals surface area contributed by atoms with Crippen molar-refractivity contribution in [2.24, 2.45) is 11.8 Å². The van der Waals surface area contributed by atoms with E-state index in [4.69, 9.17) is 4.74 Å². The zero-order valence-corrected chi connectivity index (χ0v) is 15.9. The van der Waals surface area contributed by atoms with Gasteiger partial charge in [-0.2, -0.15) is 0 Å². The zero-order chi connectivity index (χ0) is 18.0. The maximum atomic E-state index is 13.1. The van der Waals surface area contributed by atoms with Crippen molar-refractivity contribution in [3.63, 3.8) is 0 Å². The van der Waals surface area contributed by atoms with E-state index in [-0.39, 0.29) is 5.43 Å². The fourth-order valence-corrected chi connectivity index (χ4v) is 3.59. The first-order valence-corrected chi connectivity index (χ1v) is 9.56. The third-order valence-electron chi connectivity index (χ3n) is 5.28. The van der Waals surface area contributed by atoms with E-state index in [1.807, 2.05) is 25.1 Å². The Balaban J connectivity index is 1.88. The molecule has 1 aliphatic heterocycles. The first-order valence-electron chi connectivity index (χ1n) is 9.56. The summed E-state index contributed by atoms with van der Waals surface area (Å²) < 4.78 is 5.80. The van der Waals surface area contributed by atoms with E-state index < -0.39 is 0 Å². The van der Waals surface area contributed by atoms with Crippen LogP contribution in [0.4, 0.5) is 0 Å². The largest absolute Gasteiger partial charge is 0.493 e. The second kappa shape index (κ2) is 7.61. The maximum Gasteiger partial charge on any atom is 0.198 e. The molecule has 4 nitrogen and oxygen atoms in total. The lowest BCUT2D eigenvalue weighted by molar-refractivity contribution is -0.919. The van der Waals surface area contributed by atoms with Crippen molar-refractivity contribution in [1.29, 1.82) is 0 Å². The van der Waals surface area contributed by atoms with Crippen LogP contribution in [0.25, 0.3) is 10.9 Å². The molecule has 25 heavy (non-hydrogen) atoms. The highest BCUT2D eigenvalue weighted by Gasteiger charge is 2.21. The molecule has 0 unspecified atom stereocenters. The van der Waals surface area contributed by atoms with Gasteiger partial charge in [-0.15, -0.1) is 0 Å². The van der Waals surface area contributed by atoms with E-state index in [9.17, 15) is 4.79 Å². The van der Waals surface area contributed by atoms with Crippen LogP contribution in [0.1, 0.15) is 44.9 Å². The number of hydrogen-bond donors (Lipinski definition) is 2. The van der Waals surface area contributed by atoms with Gasteiger partial charge in [0.15, 0.2) is 5.43 Å². The summed E-state index contributed by atoms with van der Waals surface area (Å²) in [4.78, 5) is 18.0. The van der Waals surface area contributed by atoms with Crippen LogP contribution in [-0.4, -0.2) is 24.7 Å². The van der Waals surface area contributed by atoms with Gasteiger partial charge in [-0.1, -0.05) is 20.8 Å². The molecule has 0 saturated carbocycles. The molecule has 136 valence electrons. The molecule has 0 aliphatic carbocycles. The lowest BCUT2D eigenvalue weighted by Crippen LogP contribution is -3.12. The number of hydrogen-bond acceptors (Lipinski definition) is 2. The van der Waals surface area contributed by atoms with Gasteiger partial charge in [0.2, 0.25) is 0 Å². The summed E-state index contributed by atoms with van der Waals surface area (Å²) in [6.07, 6.45) is 2.51. The lowest BCUT2D eigenvalue weighted by atomic mass is 9.98. The highest BCUT2D eigenvalue weighted by Crippen LogP contribution is 2.19. The molecule has 0 spiro atoms. The fourth-order valence-electron chi connectivity index (χ4n) is 3.59. The molecule has 2 aromatic rings. The van der Waals surface area contributed by atoms with Crippen molar-refractivity contribution >= 4 is 10.9 Å². The molecular weight excluding hydrogens is 312 g/mol. The molecule has 1 aliphatic rings. The number of nitrogens with one attached hydrogen (secondary N) is 2. The molecule has 2 heterocycles. The Bertz CT molecular complexity index is 786. The van der Waals surface area contributed by atoms with Crippen LogP contribution in [0.15, 0.2) is 23.0 Å². The third kappa shape index (κ3) is 4.24. The van der Waals surface area contributed by atoms with Crippen molar-refractivity contribution in [1.82, 2.24) is 4.98 Å². The second-order valence-corrected chi connectivity index (χ2v) is 8.08. The van der Waals surface area contributed by atoms with Gasteiger partial charge in [-0.05, 0) is 49.8 Å². The van der Waals surface area contributed by atoms with Crippen LogP contribution in [-0.2, 0) is 6.54 Å². The topological polar surface area (TPSA) is 46.5 Å². The molecule has 3 rings (SSSR count). The predicted octanol–water partition coefficient (Wildman–Crippen LogP) is 2.69. The van der Waals surface area contributed by atoms with Crippen LogP contribution in [0.3, 0.4) is 0 Å². The number of fused-ring (bicyclic) bond motifs is 1. The van der Waals surface area contributed by atoms with E-state index in [0.29, 0.717) is 12.5 Å².